The van der Waals surface area contributed by atoms with E-state index < -0.39 is 5.97 Å². The molecule has 0 saturated carbocycles. The number of nitrogens with zero attached hydrogens (tertiary/aromatic N) is 1. The van der Waals surface area contributed by atoms with Gasteiger partial charge in [-0.05, 0) is 67.5 Å². The van der Waals surface area contributed by atoms with E-state index in [1.165, 1.54) is 16.0 Å². The lowest BCUT2D eigenvalue weighted by atomic mass is 9.90. The van der Waals surface area contributed by atoms with Gasteiger partial charge < -0.3 is 19.5 Å². The molecule has 0 radical (unpaired) electrons. The van der Waals surface area contributed by atoms with Crippen LogP contribution in [0.3, 0.4) is 0 Å². The lowest BCUT2D eigenvalue weighted by Gasteiger charge is -2.24. The molecule has 0 bridgehead atoms. The quantitative estimate of drug-likeness (QED) is 0.279. The smallest absolute Gasteiger partial charge is 0.323 e. The highest BCUT2D eigenvalue weighted by Crippen LogP contribution is 2.38. The predicted molar refractivity (Wildman–Crippen MR) is 157 cm³/mol. The molecule has 6 heteroatoms. The molecule has 1 aliphatic heterocycles. The van der Waals surface area contributed by atoms with Gasteiger partial charge in [0, 0.05) is 31.4 Å². The van der Waals surface area contributed by atoms with E-state index in [0.717, 1.165) is 35.3 Å². The topological polar surface area (TPSA) is 76.1 Å². The van der Waals surface area contributed by atoms with Gasteiger partial charge in [-0.25, -0.2) is 0 Å². The maximum absolute atomic E-state index is 13.2. The second kappa shape index (κ2) is 12.6. The standard InChI is InChI=1S/C34H41NO5/c1-23(2)27-14-10-26(11-15-27)19-34(5)20-29-18-25(12-16-31(29)40-34)13-17-32(36)35(22-33(37)38)21-28-8-6-7-9-30(28)39-24(3)4/h6-12,14-16,18,23-24H,13,17,19-22H2,1-5H3,(H,37,38)/t34-/m0/s1. The molecule has 0 spiro atoms. The zero-order valence-corrected chi connectivity index (χ0v) is 24.3. The molecule has 1 atom stereocenters. The van der Waals surface area contributed by atoms with Crippen LogP contribution < -0.4 is 9.47 Å². The van der Waals surface area contributed by atoms with Gasteiger partial charge >= 0.3 is 5.97 Å². The van der Waals surface area contributed by atoms with Crippen LogP contribution >= 0.6 is 0 Å². The zero-order chi connectivity index (χ0) is 28.9. The minimum absolute atomic E-state index is 0.0270. The van der Waals surface area contributed by atoms with Crippen molar-refractivity contribution >= 4 is 11.9 Å². The van der Waals surface area contributed by atoms with Crippen LogP contribution in [0.25, 0.3) is 0 Å². The third kappa shape index (κ3) is 7.65. The number of hydrogen-bond donors (Lipinski definition) is 1. The molecule has 40 heavy (non-hydrogen) atoms. The number of benzene rings is 3. The molecule has 1 heterocycles. The molecule has 1 aliphatic rings. The summed E-state index contributed by atoms with van der Waals surface area (Å²) in [7, 11) is 0. The van der Waals surface area contributed by atoms with Crippen LogP contribution in [0.15, 0.2) is 66.7 Å². The lowest BCUT2D eigenvalue weighted by molar-refractivity contribution is -0.144. The first-order valence-electron chi connectivity index (χ1n) is 14.1. The van der Waals surface area contributed by atoms with E-state index >= 15 is 0 Å². The summed E-state index contributed by atoms with van der Waals surface area (Å²) >= 11 is 0. The fraction of sp³-hybridized carbons (Fsp3) is 0.412. The summed E-state index contributed by atoms with van der Waals surface area (Å²) < 4.78 is 12.3. The molecule has 1 N–H and O–H groups in total. The number of carbonyl (C=O) groups is 2. The van der Waals surface area contributed by atoms with Gasteiger partial charge in [0.1, 0.15) is 23.6 Å². The van der Waals surface area contributed by atoms with Gasteiger partial charge in [0.2, 0.25) is 5.91 Å². The number of carboxylic acids is 1. The minimum atomic E-state index is -1.04. The number of para-hydroxylation sites is 1. The summed E-state index contributed by atoms with van der Waals surface area (Å²) in [5.41, 5.74) is 5.25. The van der Waals surface area contributed by atoms with E-state index in [0.29, 0.717) is 18.1 Å². The maximum Gasteiger partial charge on any atom is 0.323 e. The average Bonchev–Trinajstić information content (AvgIpc) is 3.22. The van der Waals surface area contributed by atoms with E-state index in [-0.39, 0.29) is 37.1 Å². The SMILES string of the molecule is CC(C)Oc1ccccc1CN(CC(=O)O)C(=O)CCc1ccc2c(c1)C[C@](C)(Cc1ccc(C(C)C)cc1)O2. The Morgan fingerprint density at radius 1 is 1.00 bits per heavy atom. The van der Waals surface area contributed by atoms with Gasteiger partial charge in [-0.15, -0.1) is 0 Å². The summed E-state index contributed by atoms with van der Waals surface area (Å²) in [5.74, 6) is 0.827. The maximum atomic E-state index is 13.2. The highest BCUT2D eigenvalue weighted by molar-refractivity contribution is 5.81. The molecular formula is C34H41NO5. The molecule has 212 valence electrons. The Labute approximate surface area is 237 Å². The highest BCUT2D eigenvalue weighted by atomic mass is 16.5. The molecular weight excluding hydrogens is 502 g/mol. The highest BCUT2D eigenvalue weighted by Gasteiger charge is 2.35. The van der Waals surface area contributed by atoms with Crippen molar-refractivity contribution in [1.82, 2.24) is 4.90 Å². The normalized spacial score (nSPS) is 16.1. The van der Waals surface area contributed by atoms with Crippen LogP contribution in [-0.4, -0.2) is 40.1 Å². The molecule has 0 aromatic heterocycles. The van der Waals surface area contributed by atoms with E-state index in [2.05, 4.69) is 51.1 Å². The third-order valence-corrected chi connectivity index (χ3v) is 7.27. The van der Waals surface area contributed by atoms with Crippen molar-refractivity contribution < 1.29 is 24.2 Å². The number of carbonyl (C=O) groups excluding carboxylic acids is 1. The van der Waals surface area contributed by atoms with Crippen LogP contribution in [0.4, 0.5) is 0 Å². The number of rotatable bonds is 12. The Kier molecular flexibility index (Phi) is 9.18. The Balaban J connectivity index is 1.39. The van der Waals surface area contributed by atoms with Crippen LogP contribution in [0, 0.1) is 0 Å². The van der Waals surface area contributed by atoms with Gasteiger partial charge in [0.15, 0.2) is 0 Å². The van der Waals surface area contributed by atoms with Crippen LogP contribution in [0.2, 0.25) is 0 Å². The molecule has 0 unspecified atom stereocenters. The summed E-state index contributed by atoms with van der Waals surface area (Å²) in [6, 6.07) is 22.4. The van der Waals surface area contributed by atoms with Gasteiger partial charge in [-0.2, -0.15) is 0 Å². The number of ether oxygens (including phenoxy) is 2. The molecule has 0 fully saturated rings. The number of fused-ring (bicyclic) bond motifs is 1. The molecule has 3 aromatic carbocycles. The monoisotopic (exact) mass is 543 g/mol. The number of hydrogen-bond acceptors (Lipinski definition) is 4. The summed E-state index contributed by atoms with van der Waals surface area (Å²) in [5, 5.41) is 9.47. The van der Waals surface area contributed by atoms with Gasteiger partial charge in [0.25, 0.3) is 0 Å². The van der Waals surface area contributed by atoms with E-state index in [4.69, 9.17) is 9.47 Å². The zero-order valence-electron chi connectivity index (χ0n) is 24.3. The molecule has 3 aromatic rings. The van der Waals surface area contributed by atoms with Crippen molar-refractivity contribution in [1.29, 1.82) is 0 Å². The second-order valence-electron chi connectivity index (χ2n) is 11.7. The largest absolute Gasteiger partial charge is 0.491 e. The summed E-state index contributed by atoms with van der Waals surface area (Å²) in [4.78, 5) is 26.2. The Morgan fingerprint density at radius 2 is 1.70 bits per heavy atom. The predicted octanol–water partition coefficient (Wildman–Crippen LogP) is 6.58. The number of amides is 1. The molecule has 6 nitrogen and oxygen atoms in total. The fourth-order valence-electron chi connectivity index (χ4n) is 5.30. The van der Waals surface area contributed by atoms with Crippen molar-refractivity contribution in [3.8, 4) is 11.5 Å². The minimum Gasteiger partial charge on any atom is -0.491 e. The van der Waals surface area contributed by atoms with Gasteiger partial charge in [-0.1, -0.05) is 68.4 Å². The molecule has 0 saturated heterocycles. The second-order valence-corrected chi connectivity index (χ2v) is 11.7. The number of carboxylic acid groups (broad SMARTS) is 1. The van der Waals surface area contributed by atoms with E-state index in [9.17, 15) is 14.7 Å². The molecule has 4 rings (SSSR count). The Morgan fingerprint density at radius 3 is 2.38 bits per heavy atom. The first kappa shape index (κ1) is 29.2. The Bertz CT molecular complexity index is 1330. The van der Waals surface area contributed by atoms with Crippen LogP contribution in [-0.2, 0) is 35.4 Å². The van der Waals surface area contributed by atoms with E-state index in [1.807, 2.05) is 50.2 Å². The molecule has 0 aliphatic carbocycles. The van der Waals surface area contributed by atoms with Crippen molar-refractivity contribution in [2.75, 3.05) is 6.54 Å². The first-order valence-corrected chi connectivity index (χ1v) is 14.1. The van der Waals surface area contributed by atoms with Gasteiger partial charge in [0.05, 0.1) is 6.10 Å². The average molecular weight is 544 g/mol. The number of aryl methyl sites for hydroxylation is 1. The summed E-state index contributed by atoms with van der Waals surface area (Å²) in [6.07, 6.45) is 2.34. The van der Waals surface area contributed by atoms with Crippen molar-refractivity contribution in [3.05, 3.63) is 94.5 Å². The van der Waals surface area contributed by atoms with Crippen molar-refractivity contribution in [2.45, 2.75) is 84.5 Å². The fourth-order valence-corrected chi connectivity index (χ4v) is 5.30. The number of aliphatic carboxylic acids is 1. The Hall–Kier alpha value is -3.80. The van der Waals surface area contributed by atoms with Crippen molar-refractivity contribution in [3.63, 3.8) is 0 Å². The molecule has 1 amide bonds. The lowest BCUT2D eigenvalue weighted by Crippen LogP contribution is -2.35. The first-order chi connectivity index (χ1) is 19.0. The third-order valence-electron chi connectivity index (χ3n) is 7.27. The van der Waals surface area contributed by atoms with Crippen molar-refractivity contribution in [2.24, 2.45) is 0 Å². The van der Waals surface area contributed by atoms with Gasteiger partial charge in [-0.3, -0.25) is 9.59 Å². The van der Waals surface area contributed by atoms with E-state index in [1.54, 1.807) is 0 Å². The van der Waals surface area contributed by atoms with Crippen LogP contribution in [0.1, 0.15) is 74.8 Å². The van der Waals surface area contributed by atoms with Crippen LogP contribution in [0.5, 0.6) is 11.5 Å². The summed E-state index contributed by atoms with van der Waals surface area (Å²) in [6.45, 7) is 10.2.